The summed E-state index contributed by atoms with van der Waals surface area (Å²) in [6.45, 7) is 3.85. The van der Waals surface area contributed by atoms with Crippen LogP contribution in [-0.2, 0) is 14.8 Å². The van der Waals surface area contributed by atoms with Gasteiger partial charge in [-0.1, -0.05) is 43.3 Å². The van der Waals surface area contributed by atoms with Crippen molar-refractivity contribution >= 4 is 27.3 Å². The van der Waals surface area contributed by atoms with Crippen molar-refractivity contribution in [2.45, 2.75) is 32.7 Å². The molecule has 142 valence electrons. The molecule has 0 spiro atoms. The van der Waals surface area contributed by atoms with Crippen LogP contribution in [-0.4, -0.2) is 31.3 Å². The van der Waals surface area contributed by atoms with Crippen molar-refractivity contribution < 1.29 is 13.2 Å². The first kappa shape index (κ1) is 19.1. The molecule has 0 aromatic heterocycles. The van der Waals surface area contributed by atoms with Gasteiger partial charge in [0.15, 0.2) is 0 Å². The number of nitrogens with one attached hydrogen (secondary N) is 1. The van der Waals surface area contributed by atoms with Crippen LogP contribution < -0.4 is 4.72 Å². The van der Waals surface area contributed by atoms with Crippen molar-refractivity contribution in [3.05, 3.63) is 65.2 Å². The van der Waals surface area contributed by atoms with Gasteiger partial charge in [0, 0.05) is 18.5 Å². The van der Waals surface area contributed by atoms with E-state index in [1.807, 2.05) is 44.2 Å². The average Bonchev–Trinajstić information content (AvgIpc) is 3.05. The molecule has 0 unspecified atom stereocenters. The van der Waals surface area contributed by atoms with Crippen LogP contribution in [0.5, 0.6) is 0 Å². The third-order valence-corrected chi connectivity index (χ3v) is 5.12. The highest BCUT2D eigenvalue weighted by Crippen LogP contribution is 2.35. The van der Waals surface area contributed by atoms with Gasteiger partial charge in [0.2, 0.25) is 15.9 Å². The van der Waals surface area contributed by atoms with Gasteiger partial charge < -0.3 is 0 Å². The normalized spacial score (nSPS) is 16.9. The molecule has 0 radical (unpaired) electrons. The first-order valence-electron chi connectivity index (χ1n) is 8.82. The van der Waals surface area contributed by atoms with E-state index in [1.165, 1.54) is 0 Å². The number of hydrogen-bond donors (Lipinski definition) is 1. The maximum atomic E-state index is 12.5. The third-order valence-electron chi connectivity index (χ3n) is 4.51. The molecule has 27 heavy (non-hydrogen) atoms. The predicted molar refractivity (Wildman–Crippen MR) is 107 cm³/mol. The van der Waals surface area contributed by atoms with E-state index in [0.717, 1.165) is 28.7 Å². The number of carbonyl (C=O) groups is 1. The fourth-order valence-electron chi connectivity index (χ4n) is 3.26. The number of hydrogen-bond acceptors (Lipinski definition) is 4. The fourth-order valence-corrected chi connectivity index (χ4v) is 3.81. The zero-order valence-corrected chi connectivity index (χ0v) is 16.5. The van der Waals surface area contributed by atoms with Crippen LogP contribution in [0.4, 0.5) is 5.69 Å². The maximum Gasteiger partial charge on any atom is 0.242 e. The number of anilines is 1. The Morgan fingerprint density at radius 1 is 1.22 bits per heavy atom. The second kappa shape index (κ2) is 7.52. The largest absolute Gasteiger partial charge is 0.284 e. The third kappa shape index (κ3) is 4.36. The predicted octanol–water partition coefficient (Wildman–Crippen LogP) is 3.45. The van der Waals surface area contributed by atoms with Crippen molar-refractivity contribution in [1.29, 1.82) is 0 Å². The molecule has 2 aromatic rings. The number of hydrazone groups is 1. The van der Waals surface area contributed by atoms with E-state index in [0.29, 0.717) is 18.5 Å². The second-order valence-electron chi connectivity index (χ2n) is 6.67. The summed E-state index contributed by atoms with van der Waals surface area (Å²) in [6.07, 6.45) is 2.07. The minimum atomic E-state index is -3.36. The van der Waals surface area contributed by atoms with E-state index in [2.05, 4.69) is 9.82 Å². The lowest BCUT2D eigenvalue weighted by Crippen LogP contribution is -2.26. The molecule has 0 aliphatic carbocycles. The molecule has 1 aliphatic heterocycles. The molecule has 0 saturated heterocycles. The Bertz CT molecular complexity index is 999. The number of sulfonamides is 1. The van der Waals surface area contributed by atoms with Crippen LogP contribution in [0.15, 0.2) is 53.6 Å². The van der Waals surface area contributed by atoms with E-state index in [9.17, 15) is 13.2 Å². The summed E-state index contributed by atoms with van der Waals surface area (Å²) in [5.74, 6) is -0.0383. The van der Waals surface area contributed by atoms with Crippen LogP contribution in [0.2, 0.25) is 0 Å². The zero-order valence-electron chi connectivity index (χ0n) is 15.6. The Morgan fingerprint density at radius 2 is 1.96 bits per heavy atom. The van der Waals surface area contributed by atoms with E-state index in [4.69, 9.17) is 0 Å². The van der Waals surface area contributed by atoms with Crippen LogP contribution >= 0.6 is 0 Å². The molecule has 7 heteroatoms. The summed E-state index contributed by atoms with van der Waals surface area (Å²) < 4.78 is 25.5. The molecule has 1 amide bonds. The number of nitrogens with zero attached hydrogens (tertiary/aromatic N) is 2. The maximum absolute atomic E-state index is 12.5. The quantitative estimate of drug-likeness (QED) is 0.856. The highest BCUT2D eigenvalue weighted by Gasteiger charge is 2.33. The monoisotopic (exact) mass is 385 g/mol. The van der Waals surface area contributed by atoms with Gasteiger partial charge in [-0.2, -0.15) is 5.10 Å². The van der Waals surface area contributed by atoms with E-state index < -0.39 is 10.0 Å². The van der Waals surface area contributed by atoms with Gasteiger partial charge in [-0.25, -0.2) is 13.4 Å². The molecular formula is C20H23N3O3S. The Kier molecular flexibility index (Phi) is 5.32. The molecule has 0 saturated carbocycles. The molecule has 1 aliphatic rings. The number of benzene rings is 2. The van der Waals surface area contributed by atoms with Gasteiger partial charge in [0.25, 0.3) is 0 Å². The van der Waals surface area contributed by atoms with E-state index >= 15 is 0 Å². The lowest BCUT2D eigenvalue weighted by Gasteiger charge is -2.23. The summed E-state index contributed by atoms with van der Waals surface area (Å²) in [5, 5.41) is 6.15. The number of amides is 1. The topological polar surface area (TPSA) is 78.8 Å². The molecule has 0 bridgehead atoms. The minimum Gasteiger partial charge on any atom is -0.284 e. The first-order chi connectivity index (χ1) is 12.8. The minimum absolute atomic E-state index is 0.0383. The summed E-state index contributed by atoms with van der Waals surface area (Å²) in [5.41, 5.74) is 4.23. The van der Waals surface area contributed by atoms with Crippen molar-refractivity contribution in [1.82, 2.24) is 5.01 Å². The van der Waals surface area contributed by atoms with Gasteiger partial charge in [0.05, 0.1) is 18.0 Å². The standard InChI is InChI=1S/C20H23N3O3S/c1-4-20(24)23-19(17-11-6-5-8-14(17)2)13-18(21-23)15-9-7-10-16(12-15)22-27(3,25)26/h5-12,19,22H,4,13H2,1-3H3/t19-/m0/s1. The molecule has 3 rings (SSSR count). The molecule has 1 atom stereocenters. The summed E-state index contributed by atoms with van der Waals surface area (Å²) in [4.78, 5) is 12.5. The highest BCUT2D eigenvalue weighted by molar-refractivity contribution is 7.92. The Balaban J connectivity index is 1.96. The Hall–Kier alpha value is -2.67. The Morgan fingerprint density at radius 3 is 2.63 bits per heavy atom. The SMILES string of the molecule is CCC(=O)N1N=C(c2cccc(NS(C)(=O)=O)c2)C[C@H]1c1ccccc1C. The van der Waals surface area contributed by atoms with Crippen molar-refractivity contribution in [2.75, 3.05) is 11.0 Å². The zero-order chi connectivity index (χ0) is 19.6. The van der Waals surface area contributed by atoms with Crippen molar-refractivity contribution in [3.63, 3.8) is 0 Å². The molecule has 2 aromatic carbocycles. The highest BCUT2D eigenvalue weighted by atomic mass is 32.2. The molecule has 1 N–H and O–H groups in total. The van der Waals surface area contributed by atoms with E-state index in [-0.39, 0.29) is 11.9 Å². The van der Waals surface area contributed by atoms with Gasteiger partial charge in [-0.15, -0.1) is 0 Å². The average molecular weight is 385 g/mol. The smallest absolute Gasteiger partial charge is 0.242 e. The molecule has 0 fully saturated rings. The van der Waals surface area contributed by atoms with E-state index in [1.54, 1.807) is 23.2 Å². The van der Waals surface area contributed by atoms with Crippen LogP contribution in [0.1, 0.15) is 42.5 Å². The Labute approximate surface area is 159 Å². The second-order valence-corrected chi connectivity index (χ2v) is 8.42. The fraction of sp³-hybridized carbons (Fsp3) is 0.300. The lowest BCUT2D eigenvalue weighted by molar-refractivity contribution is -0.132. The van der Waals surface area contributed by atoms with Crippen LogP contribution in [0.25, 0.3) is 0 Å². The molecule has 6 nitrogen and oxygen atoms in total. The summed E-state index contributed by atoms with van der Waals surface area (Å²) in [6, 6.07) is 14.9. The van der Waals surface area contributed by atoms with Crippen molar-refractivity contribution in [2.24, 2.45) is 5.10 Å². The van der Waals surface area contributed by atoms with Crippen LogP contribution in [0.3, 0.4) is 0 Å². The van der Waals surface area contributed by atoms with Gasteiger partial charge in [-0.3, -0.25) is 9.52 Å². The molecule has 1 heterocycles. The number of aryl methyl sites for hydroxylation is 1. The number of carbonyl (C=O) groups excluding carboxylic acids is 1. The van der Waals surface area contributed by atoms with Gasteiger partial charge in [0.1, 0.15) is 0 Å². The molecular weight excluding hydrogens is 362 g/mol. The lowest BCUT2D eigenvalue weighted by atomic mass is 9.95. The number of rotatable bonds is 5. The first-order valence-corrected chi connectivity index (χ1v) is 10.7. The van der Waals surface area contributed by atoms with Crippen molar-refractivity contribution in [3.8, 4) is 0 Å². The summed E-state index contributed by atoms with van der Waals surface area (Å²) in [7, 11) is -3.36. The summed E-state index contributed by atoms with van der Waals surface area (Å²) >= 11 is 0. The van der Waals surface area contributed by atoms with Gasteiger partial charge in [-0.05, 0) is 35.7 Å². The van der Waals surface area contributed by atoms with Crippen LogP contribution in [0, 0.1) is 6.92 Å². The van der Waals surface area contributed by atoms with Gasteiger partial charge >= 0.3 is 0 Å².